The minimum atomic E-state index is -0.975. The van der Waals surface area contributed by atoms with E-state index in [0.717, 1.165) is 19.3 Å². The number of aromatic nitrogens is 1. The Morgan fingerprint density at radius 3 is 2.56 bits per heavy atom. The van der Waals surface area contributed by atoms with Crippen LogP contribution in [0.4, 0.5) is 5.69 Å². The second kappa shape index (κ2) is 11.2. The lowest BCUT2D eigenvalue weighted by Gasteiger charge is -2.19. The van der Waals surface area contributed by atoms with Gasteiger partial charge in [-0.05, 0) is 44.2 Å². The number of hydrogen-bond donors (Lipinski definition) is 2. The molecule has 136 valence electrons. The number of carbonyl (C=O) groups excluding carboxylic acids is 1. The SMILES string of the molecule is CC/C(C)=C\CC/C=C\C(C)C(CC(=O)O)C(=O)Nc1ccncc1. The molecule has 1 aromatic rings. The van der Waals surface area contributed by atoms with Crippen molar-refractivity contribution in [2.75, 3.05) is 5.32 Å². The Labute approximate surface area is 149 Å². The van der Waals surface area contributed by atoms with Gasteiger partial charge in [0.1, 0.15) is 0 Å². The van der Waals surface area contributed by atoms with Gasteiger partial charge in [0.05, 0.1) is 12.3 Å². The van der Waals surface area contributed by atoms with Gasteiger partial charge in [-0.3, -0.25) is 14.6 Å². The molecule has 25 heavy (non-hydrogen) atoms. The lowest BCUT2D eigenvalue weighted by molar-refractivity contribution is -0.140. The van der Waals surface area contributed by atoms with E-state index in [1.165, 1.54) is 5.57 Å². The van der Waals surface area contributed by atoms with Crippen LogP contribution in [0.2, 0.25) is 0 Å². The Morgan fingerprint density at radius 2 is 1.96 bits per heavy atom. The molecule has 2 atom stereocenters. The van der Waals surface area contributed by atoms with Crippen molar-refractivity contribution in [2.45, 2.75) is 46.5 Å². The molecule has 2 unspecified atom stereocenters. The summed E-state index contributed by atoms with van der Waals surface area (Å²) in [5, 5.41) is 11.9. The van der Waals surface area contributed by atoms with Crippen LogP contribution in [-0.4, -0.2) is 22.0 Å². The number of amides is 1. The molecule has 1 aromatic heterocycles. The van der Waals surface area contributed by atoms with Crippen LogP contribution in [0.3, 0.4) is 0 Å². The van der Waals surface area contributed by atoms with Crippen LogP contribution in [-0.2, 0) is 9.59 Å². The number of nitrogens with one attached hydrogen (secondary N) is 1. The van der Waals surface area contributed by atoms with E-state index in [9.17, 15) is 9.59 Å². The zero-order valence-electron chi connectivity index (χ0n) is 15.2. The third-order valence-electron chi connectivity index (χ3n) is 4.14. The summed E-state index contributed by atoms with van der Waals surface area (Å²) in [5.74, 6) is -2.03. The molecule has 0 radical (unpaired) electrons. The van der Waals surface area contributed by atoms with Gasteiger partial charge in [0.15, 0.2) is 0 Å². The van der Waals surface area contributed by atoms with Gasteiger partial charge in [0.25, 0.3) is 0 Å². The monoisotopic (exact) mass is 344 g/mol. The summed E-state index contributed by atoms with van der Waals surface area (Å²) in [6.45, 7) is 6.11. The molecular weight excluding hydrogens is 316 g/mol. The second-order valence-corrected chi connectivity index (χ2v) is 6.20. The Kier molecular flexibility index (Phi) is 9.22. The van der Waals surface area contributed by atoms with Crippen molar-refractivity contribution in [2.24, 2.45) is 11.8 Å². The summed E-state index contributed by atoms with van der Waals surface area (Å²) in [4.78, 5) is 27.5. The highest BCUT2D eigenvalue weighted by Gasteiger charge is 2.26. The molecule has 0 bridgehead atoms. The first-order chi connectivity index (χ1) is 11.9. The summed E-state index contributed by atoms with van der Waals surface area (Å²) >= 11 is 0. The molecule has 0 saturated carbocycles. The van der Waals surface area contributed by atoms with E-state index in [0.29, 0.717) is 5.69 Å². The Balaban J connectivity index is 2.66. The molecule has 2 N–H and O–H groups in total. The number of aliphatic carboxylic acids is 1. The van der Waals surface area contributed by atoms with Crippen LogP contribution < -0.4 is 5.32 Å². The van der Waals surface area contributed by atoms with Crippen molar-refractivity contribution >= 4 is 17.6 Å². The van der Waals surface area contributed by atoms with Gasteiger partial charge in [-0.2, -0.15) is 0 Å². The maximum atomic E-state index is 12.5. The van der Waals surface area contributed by atoms with Crippen LogP contribution in [0.15, 0.2) is 48.3 Å². The lowest BCUT2D eigenvalue weighted by Crippen LogP contribution is -2.29. The minimum Gasteiger partial charge on any atom is -0.481 e. The highest BCUT2D eigenvalue weighted by Crippen LogP contribution is 2.20. The van der Waals surface area contributed by atoms with Crippen molar-refractivity contribution in [1.29, 1.82) is 0 Å². The van der Waals surface area contributed by atoms with Crippen molar-refractivity contribution in [3.63, 3.8) is 0 Å². The number of anilines is 1. The molecule has 1 heterocycles. The minimum absolute atomic E-state index is 0.158. The summed E-state index contributed by atoms with van der Waals surface area (Å²) in [6.07, 6.45) is 12.0. The van der Waals surface area contributed by atoms with E-state index in [1.54, 1.807) is 24.5 Å². The number of nitrogens with zero attached hydrogens (tertiary/aromatic N) is 1. The van der Waals surface area contributed by atoms with E-state index in [-0.39, 0.29) is 18.2 Å². The van der Waals surface area contributed by atoms with Crippen LogP contribution in [0.25, 0.3) is 0 Å². The van der Waals surface area contributed by atoms with Gasteiger partial charge in [0, 0.05) is 18.1 Å². The maximum absolute atomic E-state index is 12.5. The number of allylic oxidation sites excluding steroid dienone is 4. The number of hydrogen-bond acceptors (Lipinski definition) is 3. The second-order valence-electron chi connectivity index (χ2n) is 6.20. The van der Waals surface area contributed by atoms with Crippen molar-refractivity contribution < 1.29 is 14.7 Å². The van der Waals surface area contributed by atoms with E-state index in [4.69, 9.17) is 5.11 Å². The fraction of sp³-hybridized carbons (Fsp3) is 0.450. The first kappa shape index (κ1) is 20.6. The van der Waals surface area contributed by atoms with Crippen LogP contribution in [0, 0.1) is 11.8 Å². The normalized spacial score (nSPS) is 14.3. The third-order valence-corrected chi connectivity index (χ3v) is 4.14. The van der Waals surface area contributed by atoms with Gasteiger partial charge < -0.3 is 10.4 Å². The number of carboxylic acids is 1. The Morgan fingerprint density at radius 1 is 1.28 bits per heavy atom. The van der Waals surface area contributed by atoms with Gasteiger partial charge in [0.2, 0.25) is 5.91 Å². The van der Waals surface area contributed by atoms with Crippen molar-refractivity contribution in [3.8, 4) is 0 Å². The average Bonchev–Trinajstić information content (AvgIpc) is 2.59. The first-order valence-corrected chi connectivity index (χ1v) is 8.69. The largest absolute Gasteiger partial charge is 0.481 e. The van der Waals surface area contributed by atoms with E-state index < -0.39 is 11.9 Å². The summed E-state index contributed by atoms with van der Waals surface area (Å²) < 4.78 is 0. The number of rotatable bonds is 10. The van der Waals surface area contributed by atoms with E-state index in [2.05, 4.69) is 30.2 Å². The molecule has 1 amide bonds. The Hall–Kier alpha value is -2.43. The molecule has 0 aromatic carbocycles. The summed E-state index contributed by atoms with van der Waals surface area (Å²) in [5.41, 5.74) is 1.98. The van der Waals surface area contributed by atoms with Gasteiger partial charge in [-0.1, -0.05) is 37.6 Å². The fourth-order valence-corrected chi connectivity index (χ4v) is 2.39. The number of unbranched alkanes of at least 4 members (excludes halogenated alkanes) is 1. The van der Waals surface area contributed by atoms with E-state index >= 15 is 0 Å². The Bertz CT molecular complexity index is 609. The molecule has 0 saturated heterocycles. The predicted molar refractivity (Wildman–Crippen MR) is 100 cm³/mol. The van der Waals surface area contributed by atoms with Crippen molar-refractivity contribution in [1.82, 2.24) is 4.98 Å². The molecule has 0 aliphatic heterocycles. The molecule has 0 aliphatic rings. The van der Waals surface area contributed by atoms with Gasteiger partial charge in [-0.25, -0.2) is 0 Å². The lowest BCUT2D eigenvalue weighted by atomic mass is 9.89. The molecule has 1 rings (SSSR count). The zero-order chi connectivity index (χ0) is 18.7. The number of carboxylic acid groups (broad SMARTS) is 1. The molecule has 5 nitrogen and oxygen atoms in total. The maximum Gasteiger partial charge on any atom is 0.304 e. The third kappa shape index (κ3) is 8.29. The summed E-state index contributed by atoms with van der Waals surface area (Å²) in [6, 6.07) is 3.36. The highest BCUT2D eigenvalue weighted by molar-refractivity contribution is 5.94. The van der Waals surface area contributed by atoms with Gasteiger partial charge in [-0.15, -0.1) is 0 Å². The fourth-order valence-electron chi connectivity index (χ4n) is 2.39. The quantitative estimate of drug-likeness (QED) is 0.486. The first-order valence-electron chi connectivity index (χ1n) is 8.69. The topological polar surface area (TPSA) is 79.3 Å². The highest BCUT2D eigenvalue weighted by atomic mass is 16.4. The van der Waals surface area contributed by atoms with Crippen LogP contribution in [0.1, 0.15) is 46.5 Å². The summed E-state index contributed by atoms with van der Waals surface area (Å²) in [7, 11) is 0. The molecule has 0 aliphatic carbocycles. The van der Waals surface area contributed by atoms with E-state index in [1.807, 2.05) is 19.1 Å². The average molecular weight is 344 g/mol. The molecule has 0 fully saturated rings. The molecule has 5 heteroatoms. The standard InChI is InChI=1S/C20H28N2O3/c1-4-15(2)8-6-5-7-9-16(3)18(14-19(23)24)20(25)22-17-10-12-21-13-11-17/h7-13,16,18H,4-6,14H2,1-3H3,(H,23,24)(H,21,22,25)/b9-7-,15-8-. The number of carbonyl (C=O) groups is 2. The predicted octanol–water partition coefficient (Wildman–Crippen LogP) is 4.44. The zero-order valence-corrected chi connectivity index (χ0v) is 15.2. The van der Waals surface area contributed by atoms with Crippen LogP contribution in [0.5, 0.6) is 0 Å². The smallest absolute Gasteiger partial charge is 0.304 e. The number of pyridine rings is 1. The van der Waals surface area contributed by atoms with Crippen LogP contribution >= 0.6 is 0 Å². The molecular formula is C20H28N2O3. The molecule has 0 spiro atoms. The van der Waals surface area contributed by atoms with Crippen molar-refractivity contribution in [3.05, 3.63) is 48.3 Å². The van der Waals surface area contributed by atoms with Gasteiger partial charge >= 0.3 is 5.97 Å².